The first-order chi connectivity index (χ1) is 13.4. The van der Waals surface area contributed by atoms with Gasteiger partial charge in [-0.3, -0.25) is 19.3 Å². The van der Waals surface area contributed by atoms with Gasteiger partial charge in [-0.25, -0.2) is 4.79 Å². The van der Waals surface area contributed by atoms with Gasteiger partial charge in [0, 0.05) is 30.0 Å². The molecule has 2 aromatic rings. The Kier molecular flexibility index (Phi) is 4.31. The second-order valence-corrected chi connectivity index (χ2v) is 6.83. The van der Waals surface area contributed by atoms with Gasteiger partial charge in [0.2, 0.25) is 0 Å². The fourth-order valence-electron chi connectivity index (χ4n) is 2.92. The normalized spacial score (nSPS) is 15.2. The van der Waals surface area contributed by atoms with Gasteiger partial charge >= 0.3 is 6.03 Å². The van der Waals surface area contributed by atoms with Crippen LogP contribution in [0.2, 0.25) is 0 Å². The molecule has 2 aliphatic rings. The number of nitrogens with zero attached hydrogens (tertiary/aromatic N) is 1. The maximum absolute atomic E-state index is 12.5. The van der Waals surface area contributed by atoms with Crippen molar-refractivity contribution in [3.63, 3.8) is 0 Å². The average molecular weight is 378 g/mol. The zero-order chi connectivity index (χ0) is 19.8. The Balaban J connectivity index is 1.42. The fourth-order valence-corrected chi connectivity index (χ4v) is 2.92. The van der Waals surface area contributed by atoms with Gasteiger partial charge in [0.05, 0.1) is 11.1 Å². The van der Waals surface area contributed by atoms with Crippen LogP contribution in [-0.4, -0.2) is 41.7 Å². The number of fused-ring (bicyclic) bond motifs is 1. The predicted molar refractivity (Wildman–Crippen MR) is 102 cm³/mol. The molecule has 8 nitrogen and oxygen atoms in total. The third-order valence-electron chi connectivity index (χ3n) is 4.67. The lowest BCUT2D eigenvalue weighted by Gasteiger charge is -2.09. The van der Waals surface area contributed by atoms with Gasteiger partial charge in [0.15, 0.2) is 0 Å². The second kappa shape index (κ2) is 6.80. The number of carbonyl (C=O) groups excluding carboxylic acids is 4. The number of anilines is 2. The molecule has 28 heavy (non-hydrogen) atoms. The van der Waals surface area contributed by atoms with Gasteiger partial charge in [-0.15, -0.1) is 0 Å². The first kappa shape index (κ1) is 17.7. The van der Waals surface area contributed by atoms with E-state index in [9.17, 15) is 19.2 Å². The van der Waals surface area contributed by atoms with Crippen molar-refractivity contribution in [1.29, 1.82) is 0 Å². The quantitative estimate of drug-likeness (QED) is 0.710. The number of imide groups is 1. The number of benzene rings is 2. The molecule has 0 radical (unpaired) electrons. The van der Waals surface area contributed by atoms with Crippen molar-refractivity contribution >= 4 is 35.1 Å². The van der Waals surface area contributed by atoms with Crippen LogP contribution in [0.25, 0.3) is 0 Å². The standard InChI is InChI=1S/C20H18N4O4/c1-24-18(26)15-9-2-11(10-16(15)19(24)27)17(25)21-12-3-5-13(6-4-12)22-20(28)23-14-7-8-14/h2-6,9-10,14H,7-8H2,1H3,(H,21,25)(H2,22,23,28). The van der Waals surface area contributed by atoms with E-state index >= 15 is 0 Å². The summed E-state index contributed by atoms with van der Waals surface area (Å²) in [7, 11) is 1.41. The highest BCUT2D eigenvalue weighted by Gasteiger charge is 2.33. The van der Waals surface area contributed by atoms with Crippen LogP contribution in [0.15, 0.2) is 42.5 Å². The summed E-state index contributed by atoms with van der Waals surface area (Å²) in [6.45, 7) is 0. The molecular weight excluding hydrogens is 360 g/mol. The third kappa shape index (κ3) is 3.44. The van der Waals surface area contributed by atoms with Crippen molar-refractivity contribution in [2.75, 3.05) is 17.7 Å². The Morgan fingerprint density at radius 2 is 1.50 bits per heavy atom. The second-order valence-electron chi connectivity index (χ2n) is 6.83. The molecule has 0 spiro atoms. The van der Waals surface area contributed by atoms with E-state index in [1.165, 1.54) is 25.2 Å². The minimum absolute atomic E-state index is 0.223. The summed E-state index contributed by atoms with van der Waals surface area (Å²) in [5, 5.41) is 8.29. The Morgan fingerprint density at radius 1 is 0.893 bits per heavy atom. The van der Waals surface area contributed by atoms with Crippen LogP contribution in [0.5, 0.6) is 0 Å². The van der Waals surface area contributed by atoms with Crippen LogP contribution in [0.3, 0.4) is 0 Å². The molecule has 1 fully saturated rings. The molecule has 4 rings (SSSR count). The van der Waals surface area contributed by atoms with E-state index < -0.39 is 11.8 Å². The molecule has 0 unspecified atom stereocenters. The van der Waals surface area contributed by atoms with Crippen LogP contribution < -0.4 is 16.0 Å². The lowest BCUT2D eigenvalue weighted by atomic mass is 10.1. The molecule has 2 aromatic carbocycles. The summed E-state index contributed by atoms with van der Waals surface area (Å²) in [4.78, 5) is 49.2. The van der Waals surface area contributed by atoms with Crippen molar-refractivity contribution in [1.82, 2.24) is 10.2 Å². The number of nitrogens with one attached hydrogen (secondary N) is 3. The van der Waals surface area contributed by atoms with E-state index in [0.717, 1.165) is 17.7 Å². The van der Waals surface area contributed by atoms with Gasteiger partial charge in [-0.2, -0.15) is 0 Å². The van der Waals surface area contributed by atoms with Crippen LogP contribution in [0.4, 0.5) is 16.2 Å². The molecule has 8 heteroatoms. The molecule has 1 heterocycles. The minimum atomic E-state index is -0.422. The first-order valence-corrected chi connectivity index (χ1v) is 8.88. The van der Waals surface area contributed by atoms with E-state index in [-0.39, 0.29) is 29.1 Å². The first-order valence-electron chi connectivity index (χ1n) is 8.88. The summed E-state index contributed by atoms with van der Waals surface area (Å²) in [6, 6.07) is 11.1. The lowest BCUT2D eigenvalue weighted by molar-refractivity contribution is 0.0693. The molecule has 0 bridgehead atoms. The van der Waals surface area contributed by atoms with Crippen molar-refractivity contribution < 1.29 is 19.2 Å². The Morgan fingerprint density at radius 3 is 2.14 bits per heavy atom. The molecule has 0 aromatic heterocycles. The smallest absolute Gasteiger partial charge is 0.319 e. The van der Waals surface area contributed by atoms with Crippen molar-refractivity contribution in [3.8, 4) is 0 Å². The number of carbonyl (C=O) groups is 4. The summed E-state index contributed by atoms with van der Waals surface area (Å²) in [5.74, 6) is -1.19. The topological polar surface area (TPSA) is 108 Å². The van der Waals surface area contributed by atoms with Crippen molar-refractivity contribution in [2.45, 2.75) is 18.9 Å². The van der Waals surface area contributed by atoms with Gasteiger partial charge in [0.1, 0.15) is 0 Å². The molecule has 0 saturated heterocycles. The number of hydrogen-bond donors (Lipinski definition) is 3. The van der Waals surface area contributed by atoms with Crippen LogP contribution in [0.1, 0.15) is 43.9 Å². The lowest BCUT2D eigenvalue weighted by Crippen LogP contribution is -2.30. The predicted octanol–water partition coefficient (Wildman–Crippen LogP) is 2.45. The molecule has 0 atom stereocenters. The van der Waals surface area contributed by atoms with E-state index in [4.69, 9.17) is 0 Å². The molecule has 1 aliphatic heterocycles. The zero-order valence-corrected chi connectivity index (χ0v) is 15.1. The number of hydrogen-bond acceptors (Lipinski definition) is 4. The van der Waals surface area contributed by atoms with Gasteiger partial charge in [-0.1, -0.05) is 0 Å². The average Bonchev–Trinajstić information content (AvgIpc) is 3.47. The van der Waals surface area contributed by atoms with E-state index in [1.807, 2.05) is 0 Å². The highest BCUT2D eigenvalue weighted by Crippen LogP contribution is 2.23. The van der Waals surface area contributed by atoms with Crippen LogP contribution in [0, 0.1) is 0 Å². The molecule has 5 amide bonds. The Bertz CT molecular complexity index is 996. The highest BCUT2D eigenvalue weighted by atomic mass is 16.2. The molecule has 142 valence electrons. The Labute approximate surface area is 160 Å². The largest absolute Gasteiger partial charge is 0.335 e. The van der Waals surface area contributed by atoms with Crippen LogP contribution in [-0.2, 0) is 0 Å². The van der Waals surface area contributed by atoms with E-state index in [2.05, 4.69) is 16.0 Å². The maximum Gasteiger partial charge on any atom is 0.319 e. The number of urea groups is 1. The SMILES string of the molecule is CN1C(=O)c2ccc(C(=O)Nc3ccc(NC(=O)NC4CC4)cc3)cc2C1=O. The van der Waals surface area contributed by atoms with Crippen molar-refractivity contribution in [3.05, 3.63) is 59.2 Å². The van der Waals surface area contributed by atoms with E-state index in [0.29, 0.717) is 16.9 Å². The zero-order valence-electron chi connectivity index (χ0n) is 15.1. The molecular formula is C20H18N4O4. The van der Waals surface area contributed by atoms with Gasteiger partial charge < -0.3 is 16.0 Å². The Hall–Kier alpha value is -3.68. The third-order valence-corrected chi connectivity index (χ3v) is 4.67. The van der Waals surface area contributed by atoms with Crippen LogP contribution >= 0.6 is 0 Å². The maximum atomic E-state index is 12.5. The number of amides is 5. The molecule has 3 N–H and O–H groups in total. The minimum Gasteiger partial charge on any atom is -0.335 e. The highest BCUT2D eigenvalue weighted by molar-refractivity contribution is 6.22. The van der Waals surface area contributed by atoms with Crippen molar-refractivity contribution in [2.24, 2.45) is 0 Å². The summed E-state index contributed by atoms with van der Waals surface area (Å²) in [5.41, 5.74) is 1.95. The van der Waals surface area contributed by atoms with Gasteiger partial charge in [0.25, 0.3) is 17.7 Å². The van der Waals surface area contributed by atoms with Gasteiger partial charge in [-0.05, 0) is 55.3 Å². The molecule has 1 aliphatic carbocycles. The monoisotopic (exact) mass is 378 g/mol. The summed E-state index contributed by atoms with van der Waals surface area (Å²) >= 11 is 0. The fraction of sp³-hybridized carbons (Fsp3) is 0.200. The molecule has 1 saturated carbocycles. The van der Waals surface area contributed by atoms with E-state index in [1.54, 1.807) is 24.3 Å². The number of rotatable bonds is 4. The summed E-state index contributed by atoms with van der Waals surface area (Å²) in [6.07, 6.45) is 2.02. The summed E-state index contributed by atoms with van der Waals surface area (Å²) < 4.78 is 0.